The van der Waals surface area contributed by atoms with Gasteiger partial charge in [-0.3, -0.25) is 9.78 Å². The van der Waals surface area contributed by atoms with Crippen molar-refractivity contribution in [1.82, 2.24) is 4.98 Å². The van der Waals surface area contributed by atoms with E-state index in [1.165, 1.54) is 12.1 Å². The average molecular weight is 243 g/mol. The third-order valence-electron chi connectivity index (χ3n) is 2.68. The van der Waals surface area contributed by atoms with Gasteiger partial charge in [-0.15, -0.1) is 0 Å². The van der Waals surface area contributed by atoms with Crippen LogP contribution in [-0.2, 0) is 6.42 Å². The Balaban J connectivity index is 2.27. The number of hydrogen-bond acceptors (Lipinski definition) is 4. The van der Waals surface area contributed by atoms with E-state index >= 15 is 0 Å². The van der Waals surface area contributed by atoms with Gasteiger partial charge in [0.25, 0.3) is 0 Å². The third kappa shape index (κ3) is 2.48. The maximum Gasteiger partial charge on any atom is 0.172 e. The molecule has 4 nitrogen and oxygen atoms in total. The minimum atomic E-state index is -0.227. The van der Waals surface area contributed by atoms with E-state index in [0.717, 1.165) is 0 Å². The summed E-state index contributed by atoms with van der Waals surface area (Å²) in [5.41, 5.74) is 1.40. The summed E-state index contributed by atoms with van der Waals surface area (Å²) in [6.07, 6.45) is 1.74. The van der Waals surface area contributed by atoms with Crippen LogP contribution in [0.25, 0.3) is 0 Å². The number of phenolic OH excluding ortho intramolecular Hbond substituents is 2. The van der Waals surface area contributed by atoms with Crippen LogP contribution in [0.3, 0.4) is 0 Å². The largest absolute Gasteiger partial charge is 0.508 e. The Hall–Kier alpha value is -2.36. The van der Waals surface area contributed by atoms with Gasteiger partial charge in [0.2, 0.25) is 0 Å². The number of aromatic hydroxyl groups is 2. The van der Waals surface area contributed by atoms with Gasteiger partial charge in [-0.05, 0) is 30.7 Å². The van der Waals surface area contributed by atoms with E-state index in [1.807, 2.05) is 0 Å². The Morgan fingerprint density at radius 1 is 1.22 bits per heavy atom. The van der Waals surface area contributed by atoms with Crippen molar-refractivity contribution in [2.24, 2.45) is 0 Å². The van der Waals surface area contributed by atoms with Crippen molar-refractivity contribution in [3.8, 4) is 11.5 Å². The first-order valence-electron chi connectivity index (χ1n) is 5.53. The fraction of sp³-hybridized carbons (Fsp3) is 0.143. The Kier molecular flexibility index (Phi) is 3.28. The van der Waals surface area contributed by atoms with Gasteiger partial charge in [0.1, 0.15) is 11.5 Å². The summed E-state index contributed by atoms with van der Waals surface area (Å²) in [5, 5.41) is 19.1. The van der Waals surface area contributed by atoms with Gasteiger partial charge < -0.3 is 10.2 Å². The van der Waals surface area contributed by atoms with Crippen LogP contribution in [0.2, 0.25) is 0 Å². The Morgan fingerprint density at radius 2 is 2.00 bits per heavy atom. The molecule has 0 aliphatic heterocycles. The minimum absolute atomic E-state index is 0.0260. The van der Waals surface area contributed by atoms with E-state index in [4.69, 9.17) is 0 Å². The fourth-order valence-corrected chi connectivity index (χ4v) is 1.67. The van der Waals surface area contributed by atoms with Crippen LogP contribution in [0.5, 0.6) is 11.5 Å². The first-order chi connectivity index (χ1) is 8.58. The highest BCUT2D eigenvalue weighted by atomic mass is 16.3. The summed E-state index contributed by atoms with van der Waals surface area (Å²) in [6.45, 7) is 1.67. The predicted octanol–water partition coefficient (Wildman–Crippen LogP) is 2.23. The van der Waals surface area contributed by atoms with Crippen LogP contribution >= 0.6 is 0 Å². The topological polar surface area (TPSA) is 70.4 Å². The summed E-state index contributed by atoms with van der Waals surface area (Å²) in [6, 6.07) is 7.99. The second-order valence-electron chi connectivity index (χ2n) is 4.08. The van der Waals surface area contributed by atoms with Crippen molar-refractivity contribution in [1.29, 1.82) is 0 Å². The molecule has 0 saturated carbocycles. The Bertz CT molecular complexity index is 579. The molecule has 2 aromatic rings. The number of benzene rings is 1. The number of ketones is 1. The lowest BCUT2D eigenvalue weighted by atomic mass is 10.0. The lowest BCUT2D eigenvalue weighted by Crippen LogP contribution is -2.05. The zero-order valence-electron chi connectivity index (χ0n) is 9.92. The molecule has 0 amide bonds. The molecule has 2 rings (SSSR count). The molecule has 0 aliphatic rings. The number of nitrogens with zero attached hydrogens (tertiary/aromatic N) is 1. The van der Waals surface area contributed by atoms with Gasteiger partial charge in [-0.1, -0.05) is 6.07 Å². The van der Waals surface area contributed by atoms with Crippen LogP contribution in [0.15, 0.2) is 36.5 Å². The van der Waals surface area contributed by atoms with Gasteiger partial charge in [0.15, 0.2) is 5.78 Å². The maximum atomic E-state index is 12.0. The molecular weight excluding hydrogens is 230 g/mol. The molecule has 0 atom stereocenters. The summed E-state index contributed by atoms with van der Waals surface area (Å²) in [5.74, 6) is -0.463. The molecule has 1 aromatic heterocycles. The first-order valence-corrected chi connectivity index (χ1v) is 5.53. The standard InChI is InChI=1S/C14H13NO3/c1-9-6-11(14(18)8-12(9)16)13(17)7-10-4-2-3-5-15-10/h2-6,8,16,18H,7H2,1H3. The third-order valence-corrected chi connectivity index (χ3v) is 2.68. The maximum absolute atomic E-state index is 12.0. The van der Waals surface area contributed by atoms with Crippen molar-refractivity contribution >= 4 is 5.78 Å². The monoisotopic (exact) mass is 243 g/mol. The van der Waals surface area contributed by atoms with Crippen LogP contribution in [0.1, 0.15) is 21.6 Å². The smallest absolute Gasteiger partial charge is 0.172 e. The summed E-state index contributed by atoms with van der Waals surface area (Å²) >= 11 is 0. The SMILES string of the molecule is Cc1cc(C(=O)Cc2ccccn2)c(O)cc1O. The van der Waals surface area contributed by atoms with Crippen molar-refractivity contribution in [2.45, 2.75) is 13.3 Å². The van der Waals surface area contributed by atoms with E-state index < -0.39 is 0 Å². The van der Waals surface area contributed by atoms with E-state index in [0.29, 0.717) is 11.3 Å². The molecule has 0 radical (unpaired) electrons. The molecule has 1 aromatic carbocycles. The van der Waals surface area contributed by atoms with Gasteiger partial charge in [-0.2, -0.15) is 0 Å². The van der Waals surface area contributed by atoms with Crippen LogP contribution in [-0.4, -0.2) is 21.0 Å². The van der Waals surface area contributed by atoms with E-state index in [9.17, 15) is 15.0 Å². The van der Waals surface area contributed by atoms with Crippen molar-refractivity contribution in [3.63, 3.8) is 0 Å². The number of pyridine rings is 1. The average Bonchev–Trinajstić information content (AvgIpc) is 2.35. The molecule has 1 heterocycles. The molecule has 4 heteroatoms. The normalized spacial score (nSPS) is 10.3. The number of carbonyl (C=O) groups is 1. The lowest BCUT2D eigenvalue weighted by molar-refractivity contribution is 0.0989. The molecule has 0 spiro atoms. The quantitative estimate of drug-likeness (QED) is 0.811. The van der Waals surface area contributed by atoms with E-state index in [-0.39, 0.29) is 29.3 Å². The highest BCUT2D eigenvalue weighted by molar-refractivity contribution is 6.00. The highest BCUT2D eigenvalue weighted by Gasteiger charge is 2.14. The number of hydrogen-bond donors (Lipinski definition) is 2. The number of carbonyl (C=O) groups excluding carboxylic acids is 1. The molecule has 0 fully saturated rings. The molecule has 0 unspecified atom stereocenters. The molecule has 0 aliphatic carbocycles. The second-order valence-corrected chi connectivity index (χ2v) is 4.08. The number of rotatable bonds is 3. The second kappa shape index (κ2) is 4.87. The molecule has 92 valence electrons. The summed E-state index contributed by atoms with van der Waals surface area (Å²) in [4.78, 5) is 16.1. The van der Waals surface area contributed by atoms with Gasteiger partial charge in [0, 0.05) is 18.0 Å². The van der Waals surface area contributed by atoms with Crippen molar-refractivity contribution < 1.29 is 15.0 Å². The molecule has 18 heavy (non-hydrogen) atoms. The molecular formula is C14H13NO3. The first kappa shape index (κ1) is 12.1. The van der Waals surface area contributed by atoms with Gasteiger partial charge >= 0.3 is 0 Å². The molecule has 2 N–H and O–H groups in total. The number of aryl methyl sites for hydroxylation is 1. The van der Waals surface area contributed by atoms with Crippen LogP contribution < -0.4 is 0 Å². The van der Waals surface area contributed by atoms with Crippen molar-refractivity contribution in [3.05, 3.63) is 53.3 Å². The van der Waals surface area contributed by atoms with E-state index in [2.05, 4.69) is 4.98 Å². The Labute approximate surface area is 105 Å². The van der Waals surface area contributed by atoms with Crippen molar-refractivity contribution in [2.75, 3.05) is 0 Å². The number of Topliss-reactive ketones (excluding diaryl/α,β-unsaturated/α-hetero) is 1. The lowest BCUT2D eigenvalue weighted by Gasteiger charge is -2.06. The number of aromatic nitrogens is 1. The number of phenols is 2. The fourth-order valence-electron chi connectivity index (χ4n) is 1.67. The van der Waals surface area contributed by atoms with E-state index in [1.54, 1.807) is 31.3 Å². The zero-order chi connectivity index (χ0) is 13.1. The molecule has 0 saturated heterocycles. The molecule has 0 bridgehead atoms. The highest BCUT2D eigenvalue weighted by Crippen LogP contribution is 2.27. The predicted molar refractivity (Wildman–Crippen MR) is 66.8 cm³/mol. The summed E-state index contributed by atoms with van der Waals surface area (Å²) < 4.78 is 0. The minimum Gasteiger partial charge on any atom is -0.508 e. The zero-order valence-corrected chi connectivity index (χ0v) is 9.92. The van der Waals surface area contributed by atoms with Gasteiger partial charge in [-0.25, -0.2) is 0 Å². The van der Waals surface area contributed by atoms with Crippen LogP contribution in [0.4, 0.5) is 0 Å². The summed E-state index contributed by atoms with van der Waals surface area (Å²) in [7, 11) is 0. The van der Waals surface area contributed by atoms with Gasteiger partial charge in [0.05, 0.1) is 12.0 Å². The van der Waals surface area contributed by atoms with Crippen LogP contribution in [0, 0.1) is 6.92 Å². The Morgan fingerprint density at radius 3 is 2.67 bits per heavy atom.